The first-order chi connectivity index (χ1) is 13.4. The van der Waals surface area contributed by atoms with Crippen LogP contribution in [0.5, 0.6) is 0 Å². The molecule has 0 aromatic rings. The third kappa shape index (κ3) is 4.57. The first-order valence-electron chi connectivity index (χ1n) is 10.5. The number of nitrogens with zero attached hydrogens (tertiary/aromatic N) is 1. The van der Waals surface area contributed by atoms with Crippen LogP contribution in [0.3, 0.4) is 0 Å². The molecule has 0 radical (unpaired) electrons. The van der Waals surface area contributed by atoms with Gasteiger partial charge in [-0.3, -0.25) is 14.4 Å². The summed E-state index contributed by atoms with van der Waals surface area (Å²) >= 11 is 0. The molecule has 0 bridgehead atoms. The van der Waals surface area contributed by atoms with Crippen LogP contribution in [-0.4, -0.2) is 60.0 Å². The number of carbonyl (C=O) groups excluding carboxylic acids is 3. The van der Waals surface area contributed by atoms with Crippen LogP contribution in [0.1, 0.15) is 46.5 Å². The number of aliphatic hydroxyl groups is 1. The summed E-state index contributed by atoms with van der Waals surface area (Å²) in [5.41, 5.74) is 0. The predicted molar refractivity (Wildman–Crippen MR) is 107 cm³/mol. The Bertz CT molecular complexity index is 604. The largest absolute Gasteiger partial charge is 0.396 e. The lowest BCUT2D eigenvalue weighted by Gasteiger charge is -2.34. The van der Waals surface area contributed by atoms with E-state index in [0.717, 1.165) is 12.8 Å². The Hall–Kier alpha value is -1.89. The van der Waals surface area contributed by atoms with Gasteiger partial charge in [0.25, 0.3) is 0 Å². The topological polar surface area (TPSA) is 98.7 Å². The third-order valence-electron chi connectivity index (χ3n) is 5.79. The molecule has 0 aromatic heterocycles. The van der Waals surface area contributed by atoms with E-state index in [2.05, 4.69) is 17.6 Å². The maximum atomic E-state index is 13.4. The molecular formula is C21H35N3O4. The highest BCUT2D eigenvalue weighted by Crippen LogP contribution is 2.45. The molecule has 1 aliphatic heterocycles. The van der Waals surface area contributed by atoms with Crippen molar-refractivity contribution in [1.29, 1.82) is 0 Å². The first-order valence-corrected chi connectivity index (χ1v) is 10.5. The third-order valence-corrected chi connectivity index (χ3v) is 5.79. The lowest BCUT2D eigenvalue weighted by atomic mass is 9.68. The second-order valence-corrected chi connectivity index (χ2v) is 8.15. The minimum absolute atomic E-state index is 0.00125. The van der Waals surface area contributed by atoms with Gasteiger partial charge in [0.05, 0.1) is 11.8 Å². The van der Waals surface area contributed by atoms with Gasteiger partial charge in [0.1, 0.15) is 6.04 Å². The van der Waals surface area contributed by atoms with Gasteiger partial charge in [0, 0.05) is 32.2 Å². The van der Waals surface area contributed by atoms with E-state index in [-0.39, 0.29) is 42.2 Å². The molecule has 1 saturated heterocycles. The van der Waals surface area contributed by atoms with Gasteiger partial charge in [0.2, 0.25) is 17.7 Å². The van der Waals surface area contributed by atoms with Crippen LogP contribution in [-0.2, 0) is 14.4 Å². The minimum atomic E-state index is -0.607. The van der Waals surface area contributed by atoms with Gasteiger partial charge in [-0.25, -0.2) is 0 Å². The molecule has 0 spiro atoms. The molecule has 0 saturated carbocycles. The molecule has 0 unspecified atom stereocenters. The standard InChI is InChI=1S/C21H35N3O4/c1-5-8-14-9-10-15-17(16(14)19(26)22-4)21(28)24(11-6-7-12-25)18(15)20(27)23-13(2)3/h9-10,13-18,25H,5-8,11-12H2,1-4H3,(H,22,26)(H,23,27)/t14-,15+,16-,17-,18+/m1/s1. The highest BCUT2D eigenvalue weighted by Gasteiger charge is 2.56. The summed E-state index contributed by atoms with van der Waals surface area (Å²) in [6.07, 6.45) is 6.97. The Kier molecular flexibility index (Phi) is 8.04. The van der Waals surface area contributed by atoms with E-state index in [0.29, 0.717) is 19.4 Å². The second-order valence-electron chi connectivity index (χ2n) is 8.15. The van der Waals surface area contributed by atoms with Crippen molar-refractivity contribution in [2.75, 3.05) is 20.2 Å². The molecule has 2 aliphatic rings. The van der Waals surface area contributed by atoms with Crippen LogP contribution in [0, 0.1) is 23.7 Å². The summed E-state index contributed by atoms with van der Waals surface area (Å²) in [5, 5.41) is 14.8. The van der Waals surface area contributed by atoms with Gasteiger partial charge in [-0.2, -0.15) is 0 Å². The molecule has 28 heavy (non-hydrogen) atoms. The van der Waals surface area contributed by atoms with Crippen LogP contribution >= 0.6 is 0 Å². The molecule has 1 fully saturated rings. The number of hydrogen-bond donors (Lipinski definition) is 3. The Labute approximate surface area is 167 Å². The van der Waals surface area contributed by atoms with Gasteiger partial charge in [-0.15, -0.1) is 0 Å². The number of nitrogens with one attached hydrogen (secondary N) is 2. The highest BCUT2D eigenvalue weighted by molar-refractivity contribution is 5.96. The summed E-state index contributed by atoms with van der Waals surface area (Å²) in [7, 11) is 1.60. The van der Waals surface area contributed by atoms with Gasteiger partial charge >= 0.3 is 0 Å². The summed E-state index contributed by atoms with van der Waals surface area (Å²) in [6, 6.07) is -0.638. The summed E-state index contributed by atoms with van der Waals surface area (Å²) in [5.74, 6) is -1.70. The lowest BCUT2D eigenvalue weighted by Crippen LogP contribution is -2.49. The number of carbonyl (C=O) groups is 3. The molecule has 3 amide bonds. The molecule has 1 heterocycles. The molecule has 158 valence electrons. The summed E-state index contributed by atoms with van der Waals surface area (Å²) in [6.45, 7) is 6.32. The van der Waals surface area contributed by atoms with E-state index in [1.807, 2.05) is 26.0 Å². The van der Waals surface area contributed by atoms with E-state index in [1.165, 1.54) is 0 Å². The van der Waals surface area contributed by atoms with Gasteiger partial charge in [-0.1, -0.05) is 25.5 Å². The molecule has 0 aromatic carbocycles. The monoisotopic (exact) mass is 393 g/mol. The molecule has 1 aliphatic carbocycles. The van der Waals surface area contributed by atoms with E-state index in [4.69, 9.17) is 5.11 Å². The number of aliphatic hydroxyl groups excluding tert-OH is 1. The van der Waals surface area contributed by atoms with Crippen LogP contribution in [0.2, 0.25) is 0 Å². The van der Waals surface area contributed by atoms with Crippen molar-refractivity contribution in [3.05, 3.63) is 12.2 Å². The van der Waals surface area contributed by atoms with Crippen LogP contribution in [0.4, 0.5) is 0 Å². The number of amides is 3. The van der Waals surface area contributed by atoms with E-state index < -0.39 is 17.9 Å². The fraction of sp³-hybridized carbons (Fsp3) is 0.762. The van der Waals surface area contributed by atoms with Crippen molar-refractivity contribution < 1.29 is 19.5 Å². The average Bonchev–Trinajstić information content (AvgIpc) is 2.93. The fourth-order valence-corrected chi connectivity index (χ4v) is 4.64. The normalized spacial score (nSPS) is 29.1. The minimum Gasteiger partial charge on any atom is -0.396 e. The van der Waals surface area contributed by atoms with Crippen molar-refractivity contribution >= 4 is 17.7 Å². The Morgan fingerprint density at radius 2 is 1.93 bits per heavy atom. The molecule has 7 heteroatoms. The van der Waals surface area contributed by atoms with Crippen molar-refractivity contribution in [1.82, 2.24) is 15.5 Å². The smallest absolute Gasteiger partial charge is 0.243 e. The first kappa shape index (κ1) is 22.4. The molecule has 2 rings (SSSR count). The predicted octanol–water partition coefficient (Wildman–Crippen LogP) is 1.08. The van der Waals surface area contributed by atoms with Gasteiger partial charge in [-0.05, 0) is 39.0 Å². The maximum absolute atomic E-state index is 13.4. The van der Waals surface area contributed by atoms with Crippen LogP contribution in [0.15, 0.2) is 12.2 Å². The van der Waals surface area contributed by atoms with Crippen LogP contribution < -0.4 is 10.6 Å². The number of likely N-dealkylation sites (tertiary alicyclic amines) is 1. The van der Waals surface area contributed by atoms with E-state index in [9.17, 15) is 14.4 Å². The number of unbranched alkanes of at least 4 members (excludes halogenated alkanes) is 1. The zero-order valence-corrected chi connectivity index (χ0v) is 17.5. The maximum Gasteiger partial charge on any atom is 0.243 e. The van der Waals surface area contributed by atoms with Crippen molar-refractivity contribution in [3.8, 4) is 0 Å². The zero-order valence-electron chi connectivity index (χ0n) is 17.5. The van der Waals surface area contributed by atoms with Crippen molar-refractivity contribution in [2.45, 2.75) is 58.5 Å². The molecule has 7 nitrogen and oxygen atoms in total. The average molecular weight is 394 g/mol. The summed E-state index contributed by atoms with van der Waals surface area (Å²) < 4.78 is 0. The van der Waals surface area contributed by atoms with Gasteiger partial charge < -0.3 is 20.6 Å². The van der Waals surface area contributed by atoms with Gasteiger partial charge in [0.15, 0.2) is 0 Å². The zero-order chi connectivity index (χ0) is 20.8. The molecule has 3 N–H and O–H groups in total. The Morgan fingerprint density at radius 1 is 1.21 bits per heavy atom. The number of fused-ring (bicyclic) bond motifs is 1. The Morgan fingerprint density at radius 3 is 2.50 bits per heavy atom. The quantitative estimate of drug-likeness (QED) is 0.403. The summed E-state index contributed by atoms with van der Waals surface area (Å²) in [4.78, 5) is 40.7. The van der Waals surface area contributed by atoms with E-state index in [1.54, 1.807) is 11.9 Å². The highest BCUT2D eigenvalue weighted by atomic mass is 16.3. The number of hydrogen-bond acceptors (Lipinski definition) is 4. The van der Waals surface area contributed by atoms with Crippen LogP contribution in [0.25, 0.3) is 0 Å². The van der Waals surface area contributed by atoms with Crippen molar-refractivity contribution in [3.63, 3.8) is 0 Å². The SMILES string of the molecule is CCC[C@@H]1C=C[C@H]2[C@@H](C(=O)N(CCCCO)[C@@H]2C(=O)NC(C)C)[C@@H]1C(=O)NC. The molecular weight excluding hydrogens is 358 g/mol. The Balaban J connectivity index is 2.40. The van der Waals surface area contributed by atoms with E-state index >= 15 is 0 Å². The second kappa shape index (κ2) is 10.0. The molecule has 5 atom stereocenters. The van der Waals surface area contributed by atoms with Crippen molar-refractivity contribution in [2.24, 2.45) is 23.7 Å². The number of rotatable bonds is 9. The lowest BCUT2D eigenvalue weighted by molar-refractivity contribution is -0.141. The number of allylic oxidation sites excluding steroid dienone is 1. The fourth-order valence-electron chi connectivity index (χ4n) is 4.64.